The number of benzene rings is 1. The van der Waals surface area contributed by atoms with Crippen LogP contribution in [0.2, 0.25) is 0 Å². The fourth-order valence-corrected chi connectivity index (χ4v) is 1.98. The number of carbonyl (C=O) groups is 2. The molecule has 0 spiro atoms. The maximum Gasteiger partial charge on any atom is 0.330 e. The van der Waals surface area contributed by atoms with Gasteiger partial charge in [0.2, 0.25) is 0 Å². The lowest BCUT2D eigenvalue weighted by Gasteiger charge is -2.15. The molecule has 1 aromatic heterocycles. The van der Waals surface area contributed by atoms with Crippen molar-refractivity contribution in [1.29, 1.82) is 0 Å². The standard InChI is InChI=1S/C15H16N2O3/c1-10-8-9-12(17(10)2)14(18)16-13(15(19)20)11-6-4-3-5-7-11/h3-9,13H,1-2H3,(H,16,18)(H,19,20). The van der Waals surface area contributed by atoms with Crippen LogP contribution in [0.25, 0.3) is 0 Å². The molecule has 20 heavy (non-hydrogen) atoms. The number of carboxylic acids is 1. The summed E-state index contributed by atoms with van der Waals surface area (Å²) in [6.45, 7) is 1.88. The Labute approximate surface area is 116 Å². The fourth-order valence-electron chi connectivity index (χ4n) is 1.98. The summed E-state index contributed by atoms with van der Waals surface area (Å²) in [4.78, 5) is 23.5. The molecule has 5 heteroatoms. The lowest BCUT2D eigenvalue weighted by atomic mass is 10.1. The van der Waals surface area contributed by atoms with Gasteiger partial charge in [-0.3, -0.25) is 4.79 Å². The van der Waals surface area contributed by atoms with Crippen LogP contribution in [-0.2, 0) is 11.8 Å². The van der Waals surface area contributed by atoms with E-state index in [1.54, 1.807) is 48.0 Å². The number of hydrogen-bond acceptors (Lipinski definition) is 2. The Hall–Kier alpha value is -2.56. The summed E-state index contributed by atoms with van der Waals surface area (Å²) >= 11 is 0. The molecule has 5 nitrogen and oxygen atoms in total. The number of aryl methyl sites for hydroxylation is 1. The topological polar surface area (TPSA) is 71.3 Å². The first-order chi connectivity index (χ1) is 9.50. The van der Waals surface area contributed by atoms with Crippen molar-refractivity contribution >= 4 is 11.9 Å². The number of carboxylic acid groups (broad SMARTS) is 1. The summed E-state index contributed by atoms with van der Waals surface area (Å²) < 4.78 is 1.72. The van der Waals surface area contributed by atoms with E-state index in [-0.39, 0.29) is 0 Å². The largest absolute Gasteiger partial charge is 0.479 e. The highest BCUT2D eigenvalue weighted by Gasteiger charge is 2.23. The van der Waals surface area contributed by atoms with E-state index in [1.807, 2.05) is 13.0 Å². The molecule has 104 valence electrons. The molecular formula is C15H16N2O3. The number of aliphatic carboxylic acids is 1. The van der Waals surface area contributed by atoms with E-state index in [2.05, 4.69) is 5.32 Å². The Morgan fingerprint density at radius 3 is 2.30 bits per heavy atom. The number of hydrogen-bond donors (Lipinski definition) is 2. The van der Waals surface area contributed by atoms with Crippen LogP contribution in [0.3, 0.4) is 0 Å². The quantitative estimate of drug-likeness (QED) is 0.892. The lowest BCUT2D eigenvalue weighted by Crippen LogP contribution is -2.34. The van der Waals surface area contributed by atoms with Crippen molar-refractivity contribution in [1.82, 2.24) is 9.88 Å². The molecule has 2 aromatic rings. The maximum absolute atomic E-state index is 12.2. The normalized spacial score (nSPS) is 11.9. The van der Waals surface area contributed by atoms with Gasteiger partial charge in [0.05, 0.1) is 0 Å². The third-order valence-corrected chi connectivity index (χ3v) is 3.26. The van der Waals surface area contributed by atoms with Crippen LogP contribution < -0.4 is 5.32 Å². The molecule has 1 unspecified atom stereocenters. The van der Waals surface area contributed by atoms with Crippen molar-refractivity contribution in [2.45, 2.75) is 13.0 Å². The van der Waals surface area contributed by atoms with Gasteiger partial charge in [0.1, 0.15) is 5.69 Å². The second kappa shape index (κ2) is 5.61. The number of carbonyl (C=O) groups excluding carboxylic acids is 1. The summed E-state index contributed by atoms with van der Waals surface area (Å²) in [5.41, 5.74) is 1.91. The van der Waals surface area contributed by atoms with Crippen molar-refractivity contribution in [3.05, 3.63) is 59.4 Å². The monoisotopic (exact) mass is 272 g/mol. The van der Waals surface area contributed by atoms with Crippen LogP contribution >= 0.6 is 0 Å². The third-order valence-electron chi connectivity index (χ3n) is 3.26. The van der Waals surface area contributed by atoms with Gasteiger partial charge >= 0.3 is 5.97 Å². The zero-order valence-electron chi connectivity index (χ0n) is 11.3. The number of aromatic nitrogens is 1. The zero-order chi connectivity index (χ0) is 14.7. The van der Waals surface area contributed by atoms with E-state index in [9.17, 15) is 14.7 Å². The van der Waals surface area contributed by atoms with Crippen LogP contribution in [0, 0.1) is 6.92 Å². The van der Waals surface area contributed by atoms with Gasteiger partial charge in [0.15, 0.2) is 6.04 Å². The summed E-state index contributed by atoms with van der Waals surface area (Å²) in [7, 11) is 1.77. The van der Waals surface area contributed by atoms with Gasteiger partial charge in [0.25, 0.3) is 5.91 Å². The van der Waals surface area contributed by atoms with Crippen molar-refractivity contribution in [3.63, 3.8) is 0 Å². The first-order valence-electron chi connectivity index (χ1n) is 6.21. The van der Waals surface area contributed by atoms with E-state index < -0.39 is 17.9 Å². The fraction of sp³-hybridized carbons (Fsp3) is 0.200. The molecule has 0 aliphatic rings. The van der Waals surface area contributed by atoms with Crippen LogP contribution in [0.4, 0.5) is 0 Å². The Bertz CT molecular complexity index is 632. The molecule has 0 fully saturated rings. The Morgan fingerprint density at radius 1 is 1.15 bits per heavy atom. The minimum Gasteiger partial charge on any atom is -0.479 e. The molecule has 2 N–H and O–H groups in total. The number of nitrogens with one attached hydrogen (secondary N) is 1. The molecule has 0 radical (unpaired) electrons. The zero-order valence-corrected chi connectivity index (χ0v) is 11.3. The summed E-state index contributed by atoms with van der Waals surface area (Å²) in [6.07, 6.45) is 0. The highest BCUT2D eigenvalue weighted by atomic mass is 16.4. The van der Waals surface area contributed by atoms with Gasteiger partial charge in [0, 0.05) is 12.7 Å². The minimum absolute atomic E-state index is 0.406. The minimum atomic E-state index is -1.09. The predicted octanol–water partition coefficient (Wildman–Crippen LogP) is 1.89. The first kappa shape index (κ1) is 13.9. The van der Waals surface area contributed by atoms with Gasteiger partial charge in [-0.05, 0) is 24.6 Å². The molecule has 1 atom stereocenters. The summed E-state index contributed by atoms with van der Waals surface area (Å²) in [5.74, 6) is -1.49. The predicted molar refractivity (Wildman–Crippen MR) is 74.4 cm³/mol. The van der Waals surface area contributed by atoms with Gasteiger partial charge in [-0.25, -0.2) is 4.79 Å². The molecule has 1 amide bonds. The summed E-state index contributed by atoms with van der Waals surface area (Å²) in [5, 5.41) is 11.8. The van der Waals surface area contributed by atoms with E-state index in [1.165, 1.54) is 0 Å². The van der Waals surface area contributed by atoms with Crippen LogP contribution in [0.15, 0.2) is 42.5 Å². The van der Waals surface area contributed by atoms with Gasteiger partial charge in [-0.1, -0.05) is 30.3 Å². The molecule has 0 saturated carbocycles. The van der Waals surface area contributed by atoms with Crippen LogP contribution in [0.1, 0.15) is 27.8 Å². The van der Waals surface area contributed by atoms with Crippen molar-refractivity contribution in [2.75, 3.05) is 0 Å². The van der Waals surface area contributed by atoms with Crippen molar-refractivity contribution in [3.8, 4) is 0 Å². The van der Waals surface area contributed by atoms with Crippen LogP contribution in [-0.4, -0.2) is 21.6 Å². The molecule has 0 saturated heterocycles. The highest BCUT2D eigenvalue weighted by molar-refractivity contribution is 5.95. The average molecular weight is 272 g/mol. The van der Waals surface area contributed by atoms with Gasteiger partial charge < -0.3 is 15.0 Å². The average Bonchev–Trinajstić information content (AvgIpc) is 2.77. The Balaban J connectivity index is 2.24. The third kappa shape index (κ3) is 2.71. The Morgan fingerprint density at radius 2 is 1.80 bits per heavy atom. The van der Waals surface area contributed by atoms with E-state index in [0.717, 1.165) is 5.69 Å². The summed E-state index contributed by atoms with van der Waals surface area (Å²) in [6, 6.07) is 11.1. The number of amides is 1. The maximum atomic E-state index is 12.2. The second-order valence-corrected chi connectivity index (χ2v) is 4.57. The number of nitrogens with zero attached hydrogens (tertiary/aromatic N) is 1. The molecule has 1 aromatic carbocycles. The molecule has 0 aliphatic heterocycles. The molecular weight excluding hydrogens is 256 g/mol. The van der Waals surface area contributed by atoms with Crippen molar-refractivity contribution < 1.29 is 14.7 Å². The first-order valence-corrected chi connectivity index (χ1v) is 6.21. The van der Waals surface area contributed by atoms with E-state index in [0.29, 0.717) is 11.3 Å². The second-order valence-electron chi connectivity index (χ2n) is 4.57. The molecule has 0 aliphatic carbocycles. The van der Waals surface area contributed by atoms with E-state index >= 15 is 0 Å². The lowest BCUT2D eigenvalue weighted by molar-refractivity contribution is -0.139. The molecule has 0 bridgehead atoms. The molecule has 2 rings (SSSR count). The number of rotatable bonds is 4. The smallest absolute Gasteiger partial charge is 0.330 e. The highest BCUT2D eigenvalue weighted by Crippen LogP contribution is 2.14. The van der Waals surface area contributed by atoms with Crippen molar-refractivity contribution in [2.24, 2.45) is 7.05 Å². The Kier molecular flexibility index (Phi) is 3.89. The van der Waals surface area contributed by atoms with E-state index in [4.69, 9.17) is 0 Å². The SMILES string of the molecule is Cc1ccc(C(=O)NC(C(=O)O)c2ccccc2)n1C. The van der Waals surface area contributed by atoms with Crippen LogP contribution in [0.5, 0.6) is 0 Å². The van der Waals surface area contributed by atoms with Gasteiger partial charge in [-0.2, -0.15) is 0 Å². The van der Waals surface area contributed by atoms with Gasteiger partial charge in [-0.15, -0.1) is 0 Å². The molecule has 1 heterocycles.